The van der Waals surface area contributed by atoms with Crippen LogP contribution in [0.15, 0.2) is 29.2 Å². The molecule has 0 radical (unpaired) electrons. The Bertz CT molecular complexity index is 515. The van der Waals surface area contributed by atoms with Crippen molar-refractivity contribution in [3.63, 3.8) is 0 Å². The van der Waals surface area contributed by atoms with Crippen LogP contribution in [0.5, 0.6) is 0 Å². The molecule has 5 heteroatoms. The summed E-state index contributed by atoms with van der Waals surface area (Å²) in [5, 5.41) is 0.0667. The SMILES string of the molecule is CC1C(N)CCC1S(=O)(=O)c1cccc(Cl)c1. The van der Waals surface area contributed by atoms with Crippen molar-refractivity contribution in [2.45, 2.75) is 36.0 Å². The van der Waals surface area contributed by atoms with Gasteiger partial charge in [-0.05, 0) is 37.0 Å². The molecule has 1 aromatic rings. The average Bonchev–Trinajstić information content (AvgIpc) is 2.60. The van der Waals surface area contributed by atoms with Crippen molar-refractivity contribution >= 4 is 21.4 Å². The number of nitrogens with two attached hydrogens (primary N) is 1. The molecule has 1 saturated carbocycles. The van der Waals surface area contributed by atoms with Gasteiger partial charge in [-0.15, -0.1) is 0 Å². The van der Waals surface area contributed by atoms with Gasteiger partial charge in [0.05, 0.1) is 10.1 Å². The summed E-state index contributed by atoms with van der Waals surface area (Å²) < 4.78 is 24.9. The molecule has 0 heterocycles. The second kappa shape index (κ2) is 4.59. The minimum atomic E-state index is -3.31. The maximum atomic E-state index is 12.4. The van der Waals surface area contributed by atoms with Gasteiger partial charge in [-0.1, -0.05) is 24.6 Å². The number of halogens is 1. The van der Waals surface area contributed by atoms with E-state index in [0.29, 0.717) is 16.3 Å². The Kier molecular flexibility index (Phi) is 3.48. The number of benzene rings is 1. The van der Waals surface area contributed by atoms with Gasteiger partial charge in [0, 0.05) is 11.1 Å². The number of hydrogen-bond acceptors (Lipinski definition) is 3. The van der Waals surface area contributed by atoms with Crippen LogP contribution in [-0.4, -0.2) is 19.7 Å². The predicted molar refractivity (Wildman–Crippen MR) is 68.8 cm³/mol. The second-order valence-corrected chi connectivity index (χ2v) is 7.24. The van der Waals surface area contributed by atoms with Crippen LogP contribution in [0.25, 0.3) is 0 Å². The van der Waals surface area contributed by atoms with Crippen molar-refractivity contribution in [3.8, 4) is 0 Å². The van der Waals surface area contributed by atoms with Crippen LogP contribution in [0.3, 0.4) is 0 Å². The molecule has 0 aromatic heterocycles. The highest BCUT2D eigenvalue weighted by atomic mass is 35.5. The molecular weight excluding hydrogens is 258 g/mol. The molecule has 0 saturated heterocycles. The second-order valence-electron chi connectivity index (χ2n) is 4.64. The normalized spacial score (nSPS) is 29.5. The van der Waals surface area contributed by atoms with E-state index in [1.165, 1.54) is 6.07 Å². The van der Waals surface area contributed by atoms with E-state index >= 15 is 0 Å². The van der Waals surface area contributed by atoms with Crippen LogP contribution < -0.4 is 5.73 Å². The zero-order valence-electron chi connectivity index (χ0n) is 9.64. The Hall–Kier alpha value is -0.580. The first kappa shape index (κ1) is 12.9. The molecule has 0 amide bonds. The Balaban J connectivity index is 2.37. The zero-order chi connectivity index (χ0) is 12.6. The Morgan fingerprint density at radius 1 is 1.35 bits per heavy atom. The van der Waals surface area contributed by atoms with Crippen molar-refractivity contribution in [2.75, 3.05) is 0 Å². The van der Waals surface area contributed by atoms with Gasteiger partial charge in [0.1, 0.15) is 0 Å². The minimum absolute atomic E-state index is 0.000943. The summed E-state index contributed by atoms with van der Waals surface area (Å²) in [6.45, 7) is 1.91. The van der Waals surface area contributed by atoms with Crippen molar-refractivity contribution in [3.05, 3.63) is 29.3 Å². The van der Waals surface area contributed by atoms with Gasteiger partial charge in [0.2, 0.25) is 0 Å². The molecule has 0 bridgehead atoms. The molecule has 2 N–H and O–H groups in total. The molecular formula is C12H16ClNO2S. The smallest absolute Gasteiger partial charge is 0.181 e. The predicted octanol–water partition coefficient (Wildman–Crippen LogP) is 2.24. The fraction of sp³-hybridized carbons (Fsp3) is 0.500. The summed E-state index contributed by atoms with van der Waals surface area (Å²) in [5.41, 5.74) is 5.88. The molecule has 0 aliphatic heterocycles. The summed E-state index contributed by atoms with van der Waals surface area (Å²) in [6.07, 6.45) is 1.41. The van der Waals surface area contributed by atoms with Gasteiger partial charge in [-0.25, -0.2) is 8.42 Å². The lowest BCUT2D eigenvalue weighted by Gasteiger charge is -2.18. The van der Waals surface area contributed by atoms with E-state index in [-0.39, 0.29) is 17.2 Å². The van der Waals surface area contributed by atoms with Gasteiger partial charge < -0.3 is 5.73 Å². The fourth-order valence-corrected chi connectivity index (χ4v) is 4.79. The molecule has 94 valence electrons. The first-order valence-electron chi connectivity index (χ1n) is 5.68. The molecule has 3 unspecified atom stereocenters. The first-order valence-corrected chi connectivity index (χ1v) is 7.60. The molecule has 1 fully saturated rings. The Morgan fingerprint density at radius 2 is 2.06 bits per heavy atom. The third-order valence-corrected chi connectivity index (χ3v) is 6.18. The van der Waals surface area contributed by atoms with E-state index in [1.807, 2.05) is 6.92 Å². The molecule has 1 aliphatic carbocycles. The number of hydrogen-bond donors (Lipinski definition) is 1. The maximum absolute atomic E-state index is 12.4. The number of sulfone groups is 1. The standard InChI is InChI=1S/C12H16ClNO2S/c1-8-11(14)5-6-12(8)17(15,16)10-4-2-3-9(13)7-10/h2-4,7-8,11-12H,5-6,14H2,1H3. The molecule has 1 aromatic carbocycles. The van der Waals surface area contributed by atoms with Gasteiger partial charge in [0.25, 0.3) is 0 Å². The van der Waals surface area contributed by atoms with E-state index < -0.39 is 9.84 Å². The van der Waals surface area contributed by atoms with E-state index in [1.54, 1.807) is 18.2 Å². The quantitative estimate of drug-likeness (QED) is 0.899. The van der Waals surface area contributed by atoms with E-state index in [2.05, 4.69) is 0 Å². The van der Waals surface area contributed by atoms with Crippen LogP contribution >= 0.6 is 11.6 Å². The number of rotatable bonds is 2. The molecule has 0 spiro atoms. The highest BCUT2D eigenvalue weighted by Gasteiger charge is 2.39. The molecule has 1 aliphatic rings. The average molecular weight is 274 g/mol. The summed E-state index contributed by atoms with van der Waals surface area (Å²) in [5.74, 6) is -0.000943. The van der Waals surface area contributed by atoms with Gasteiger partial charge in [-0.2, -0.15) is 0 Å². The largest absolute Gasteiger partial charge is 0.327 e. The molecule has 3 atom stereocenters. The highest BCUT2D eigenvalue weighted by molar-refractivity contribution is 7.92. The highest BCUT2D eigenvalue weighted by Crippen LogP contribution is 2.34. The minimum Gasteiger partial charge on any atom is -0.327 e. The van der Waals surface area contributed by atoms with Crippen LogP contribution in [0.1, 0.15) is 19.8 Å². The van der Waals surface area contributed by atoms with E-state index in [9.17, 15) is 8.42 Å². The van der Waals surface area contributed by atoms with Gasteiger partial charge >= 0.3 is 0 Å². The Morgan fingerprint density at radius 3 is 2.59 bits per heavy atom. The maximum Gasteiger partial charge on any atom is 0.181 e. The van der Waals surface area contributed by atoms with Gasteiger partial charge in [-0.3, -0.25) is 0 Å². The fourth-order valence-electron chi connectivity index (χ4n) is 2.41. The third kappa shape index (κ3) is 2.34. The van der Waals surface area contributed by atoms with Gasteiger partial charge in [0.15, 0.2) is 9.84 Å². The molecule has 17 heavy (non-hydrogen) atoms. The summed E-state index contributed by atoms with van der Waals surface area (Å²) >= 11 is 5.83. The van der Waals surface area contributed by atoms with E-state index in [0.717, 1.165) is 6.42 Å². The van der Waals surface area contributed by atoms with Crippen molar-refractivity contribution < 1.29 is 8.42 Å². The van der Waals surface area contributed by atoms with Crippen LogP contribution in [-0.2, 0) is 9.84 Å². The topological polar surface area (TPSA) is 60.2 Å². The molecule has 3 nitrogen and oxygen atoms in total. The monoisotopic (exact) mass is 273 g/mol. The van der Waals surface area contributed by atoms with Crippen molar-refractivity contribution in [1.82, 2.24) is 0 Å². The third-order valence-electron chi connectivity index (χ3n) is 3.57. The van der Waals surface area contributed by atoms with Crippen molar-refractivity contribution in [2.24, 2.45) is 11.7 Å². The molecule has 2 rings (SSSR count). The summed E-state index contributed by atoms with van der Waals surface area (Å²) in [7, 11) is -3.31. The lowest BCUT2D eigenvalue weighted by atomic mass is 10.1. The van der Waals surface area contributed by atoms with Crippen LogP contribution in [0.2, 0.25) is 5.02 Å². The lowest BCUT2D eigenvalue weighted by molar-refractivity contribution is 0.507. The van der Waals surface area contributed by atoms with E-state index in [4.69, 9.17) is 17.3 Å². The van der Waals surface area contributed by atoms with Crippen molar-refractivity contribution in [1.29, 1.82) is 0 Å². The summed E-state index contributed by atoms with van der Waals surface area (Å²) in [6, 6.07) is 6.42. The Labute approximate surface area is 107 Å². The summed E-state index contributed by atoms with van der Waals surface area (Å²) in [4.78, 5) is 0.302. The van der Waals surface area contributed by atoms with Crippen LogP contribution in [0, 0.1) is 5.92 Å². The first-order chi connectivity index (χ1) is 7.93. The zero-order valence-corrected chi connectivity index (χ0v) is 11.2. The lowest BCUT2D eigenvalue weighted by Crippen LogP contribution is -2.32. The van der Waals surface area contributed by atoms with Crippen LogP contribution in [0.4, 0.5) is 0 Å².